The highest BCUT2D eigenvalue weighted by Crippen LogP contribution is 2.25. The Hall–Kier alpha value is -3.61. The van der Waals surface area contributed by atoms with E-state index in [2.05, 4.69) is 11.5 Å². The second-order valence-corrected chi connectivity index (χ2v) is 10.3. The van der Waals surface area contributed by atoms with Gasteiger partial charge in [-0.25, -0.2) is 4.39 Å². The molecule has 0 radical (unpaired) electrons. The second-order valence-electron chi connectivity index (χ2n) is 10.3. The molecule has 0 N–H and O–H groups in total. The van der Waals surface area contributed by atoms with Crippen LogP contribution in [0.5, 0.6) is 5.75 Å². The van der Waals surface area contributed by atoms with Gasteiger partial charge in [0.15, 0.2) is 6.61 Å². The van der Waals surface area contributed by atoms with Crippen LogP contribution in [0.4, 0.5) is 4.39 Å². The lowest BCUT2D eigenvalue weighted by molar-refractivity contribution is -0.143. The normalized spacial score (nSPS) is 13.7. The minimum atomic E-state index is -0.253. The van der Waals surface area contributed by atoms with Crippen LogP contribution in [0, 0.1) is 5.82 Å². The van der Waals surface area contributed by atoms with E-state index in [0.29, 0.717) is 25.4 Å². The van der Waals surface area contributed by atoms with E-state index in [1.165, 1.54) is 18.6 Å². The van der Waals surface area contributed by atoms with Gasteiger partial charge in [0.25, 0.3) is 5.91 Å². The molecule has 0 atom stereocenters. The molecular formula is C32H40FN3O3. The number of ether oxygens (including phenoxy) is 1. The van der Waals surface area contributed by atoms with E-state index in [9.17, 15) is 14.0 Å². The van der Waals surface area contributed by atoms with E-state index in [1.807, 2.05) is 53.6 Å². The van der Waals surface area contributed by atoms with Gasteiger partial charge in [-0.15, -0.1) is 0 Å². The summed E-state index contributed by atoms with van der Waals surface area (Å²) in [6.45, 7) is 3.64. The van der Waals surface area contributed by atoms with Crippen molar-refractivity contribution in [1.29, 1.82) is 0 Å². The van der Waals surface area contributed by atoms with Gasteiger partial charge in [0.05, 0.1) is 13.1 Å². The van der Waals surface area contributed by atoms with E-state index >= 15 is 0 Å². The highest BCUT2D eigenvalue weighted by molar-refractivity contribution is 5.85. The van der Waals surface area contributed by atoms with E-state index in [-0.39, 0.29) is 36.8 Å². The number of para-hydroxylation sites is 1. The van der Waals surface area contributed by atoms with Crippen molar-refractivity contribution in [2.75, 3.05) is 19.7 Å². The molecule has 3 aromatic rings. The highest BCUT2D eigenvalue weighted by Gasteiger charge is 2.29. The molecule has 1 heterocycles. The number of hydrogen-bond donors (Lipinski definition) is 0. The minimum Gasteiger partial charge on any atom is -0.484 e. The molecule has 7 heteroatoms. The Morgan fingerprint density at radius 1 is 0.949 bits per heavy atom. The molecule has 208 valence electrons. The van der Waals surface area contributed by atoms with Gasteiger partial charge in [0.1, 0.15) is 11.6 Å². The summed E-state index contributed by atoms with van der Waals surface area (Å²) in [6.07, 6.45) is 9.12. The van der Waals surface area contributed by atoms with Crippen LogP contribution in [-0.2, 0) is 22.7 Å². The van der Waals surface area contributed by atoms with Crippen LogP contribution in [-0.4, -0.2) is 51.9 Å². The van der Waals surface area contributed by atoms with Gasteiger partial charge < -0.3 is 19.1 Å². The van der Waals surface area contributed by atoms with Crippen LogP contribution >= 0.6 is 0 Å². The Balaban J connectivity index is 1.47. The Morgan fingerprint density at radius 3 is 2.41 bits per heavy atom. The number of benzene rings is 2. The number of amides is 2. The molecule has 4 rings (SSSR count). The van der Waals surface area contributed by atoms with Gasteiger partial charge >= 0.3 is 0 Å². The monoisotopic (exact) mass is 533 g/mol. The zero-order valence-corrected chi connectivity index (χ0v) is 22.9. The number of nitrogens with zero attached hydrogens (tertiary/aromatic N) is 3. The van der Waals surface area contributed by atoms with Crippen LogP contribution in [0.25, 0.3) is 0 Å². The first-order valence-electron chi connectivity index (χ1n) is 14.2. The molecule has 0 spiro atoms. The standard InChI is InChI=1S/C32H40FN3O3/c1-2-3-20-35(32(38)25-39-30-14-8-5-9-15-30)24-31(37)36(28-11-6-4-7-12-28)23-29-13-10-21-34(29)22-26-16-18-27(33)19-17-26/h5,8-10,13-19,21,28H,2-4,6-7,11-12,20,22-25H2,1H3. The lowest BCUT2D eigenvalue weighted by Crippen LogP contribution is -2.48. The number of halogens is 1. The zero-order valence-electron chi connectivity index (χ0n) is 22.9. The third kappa shape index (κ3) is 8.44. The molecule has 2 amide bonds. The molecule has 39 heavy (non-hydrogen) atoms. The number of carbonyl (C=O) groups is 2. The smallest absolute Gasteiger partial charge is 0.260 e. The Kier molecular flexibility index (Phi) is 10.6. The summed E-state index contributed by atoms with van der Waals surface area (Å²) in [5.41, 5.74) is 2.02. The molecule has 0 bridgehead atoms. The summed E-state index contributed by atoms with van der Waals surface area (Å²) < 4.78 is 21.2. The van der Waals surface area contributed by atoms with E-state index in [0.717, 1.165) is 49.8 Å². The summed E-state index contributed by atoms with van der Waals surface area (Å²) >= 11 is 0. The third-order valence-corrected chi connectivity index (χ3v) is 7.42. The Labute approximate surface area is 231 Å². The molecule has 1 aliphatic rings. The van der Waals surface area contributed by atoms with Crippen LogP contribution in [0.3, 0.4) is 0 Å². The molecule has 1 aliphatic carbocycles. The van der Waals surface area contributed by atoms with Crippen molar-refractivity contribution in [3.8, 4) is 5.75 Å². The zero-order chi connectivity index (χ0) is 27.5. The first-order chi connectivity index (χ1) is 19.0. The second kappa shape index (κ2) is 14.5. The molecule has 1 fully saturated rings. The summed E-state index contributed by atoms with van der Waals surface area (Å²) in [6, 6.07) is 20.0. The molecular weight excluding hydrogens is 493 g/mol. The molecule has 1 saturated carbocycles. The van der Waals surface area contributed by atoms with Crippen molar-refractivity contribution in [2.45, 2.75) is 71.0 Å². The quantitative estimate of drug-likeness (QED) is 0.269. The summed E-state index contributed by atoms with van der Waals surface area (Å²) in [5.74, 6) is 0.180. The van der Waals surface area contributed by atoms with Crippen molar-refractivity contribution >= 4 is 11.8 Å². The predicted molar refractivity (Wildman–Crippen MR) is 151 cm³/mol. The fourth-order valence-corrected chi connectivity index (χ4v) is 5.17. The predicted octanol–water partition coefficient (Wildman–Crippen LogP) is 6.04. The van der Waals surface area contributed by atoms with Crippen LogP contribution in [0.15, 0.2) is 72.9 Å². The number of hydrogen-bond acceptors (Lipinski definition) is 3. The SMILES string of the molecule is CCCCN(CC(=O)N(Cc1cccn1Cc1ccc(F)cc1)C1CCCCC1)C(=O)COc1ccccc1. The molecule has 0 aliphatic heterocycles. The Bertz CT molecular complexity index is 1170. The summed E-state index contributed by atoms with van der Waals surface area (Å²) in [7, 11) is 0. The van der Waals surface area contributed by atoms with Crippen molar-refractivity contribution in [2.24, 2.45) is 0 Å². The summed E-state index contributed by atoms with van der Waals surface area (Å²) in [5, 5.41) is 0. The van der Waals surface area contributed by atoms with Gasteiger partial charge in [-0.1, -0.05) is 62.9 Å². The molecule has 1 aromatic heterocycles. The average molecular weight is 534 g/mol. The van der Waals surface area contributed by atoms with Crippen molar-refractivity contribution in [3.63, 3.8) is 0 Å². The lowest BCUT2D eigenvalue weighted by Gasteiger charge is -2.36. The lowest BCUT2D eigenvalue weighted by atomic mass is 9.94. The first kappa shape index (κ1) is 28.4. The molecule has 6 nitrogen and oxygen atoms in total. The highest BCUT2D eigenvalue weighted by atomic mass is 19.1. The number of rotatable bonds is 13. The average Bonchev–Trinajstić information content (AvgIpc) is 3.41. The molecule has 2 aromatic carbocycles. The van der Waals surface area contributed by atoms with Crippen molar-refractivity contribution in [1.82, 2.24) is 14.4 Å². The van der Waals surface area contributed by atoms with Gasteiger partial charge in [0, 0.05) is 31.0 Å². The summed E-state index contributed by atoms with van der Waals surface area (Å²) in [4.78, 5) is 30.7. The first-order valence-corrected chi connectivity index (χ1v) is 14.2. The third-order valence-electron chi connectivity index (χ3n) is 7.42. The van der Waals surface area contributed by atoms with Crippen LogP contribution in [0.1, 0.15) is 63.1 Å². The topological polar surface area (TPSA) is 54.8 Å². The van der Waals surface area contributed by atoms with E-state index < -0.39 is 0 Å². The number of unbranched alkanes of at least 4 members (excludes halogenated alkanes) is 1. The fourth-order valence-electron chi connectivity index (χ4n) is 5.17. The maximum absolute atomic E-state index is 13.9. The maximum atomic E-state index is 13.9. The number of aromatic nitrogens is 1. The largest absolute Gasteiger partial charge is 0.484 e. The van der Waals surface area contributed by atoms with Crippen molar-refractivity contribution < 1.29 is 18.7 Å². The van der Waals surface area contributed by atoms with Gasteiger partial charge in [0.2, 0.25) is 5.91 Å². The fraction of sp³-hybridized carbons (Fsp3) is 0.438. The van der Waals surface area contributed by atoms with Crippen LogP contribution in [0.2, 0.25) is 0 Å². The number of carbonyl (C=O) groups excluding carboxylic acids is 2. The van der Waals surface area contributed by atoms with Crippen LogP contribution < -0.4 is 4.74 Å². The van der Waals surface area contributed by atoms with Gasteiger partial charge in [-0.05, 0) is 61.2 Å². The minimum absolute atomic E-state index is 0.0272. The Morgan fingerprint density at radius 2 is 1.69 bits per heavy atom. The van der Waals surface area contributed by atoms with E-state index in [1.54, 1.807) is 17.0 Å². The molecule has 0 saturated heterocycles. The maximum Gasteiger partial charge on any atom is 0.260 e. The van der Waals surface area contributed by atoms with Gasteiger partial charge in [-0.3, -0.25) is 9.59 Å². The molecule has 0 unspecified atom stereocenters. The van der Waals surface area contributed by atoms with Gasteiger partial charge in [-0.2, -0.15) is 0 Å². The van der Waals surface area contributed by atoms with Crippen molar-refractivity contribution in [3.05, 3.63) is 90.0 Å². The van der Waals surface area contributed by atoms with E-state index in [4.69, 9.17) is 4.74 Å².